The van der Waals surface area contributed by atoms with Crippen molar-refractivity contribution >= 4 is 0 Å². The minimum atomic E-state index is -0.0129. The van der Waals surface area contributed by atoms with E-state index in [0.717, 1.165) is 18.6 Å². The van der Waals surface area contributed by atoms with Gasteiger partial charge in [-0.25, -0.2) is 0 Å². The smallest absolute Gasteiger partial charge is 0.254 e. The largest absolute Gasteiger partial charge is 0.476 e. The van der Waals surface area contributed by atoms with Gasteiger partial charge in [0.2, 0.25) is 0 Å². The standard InChI is InChI=1S/C11H18N2O2/c1-4-6-7-14-11-8-10(15-13-11)9(5-2)12-3/h5,8-9,12H,2,4,6-7H2,1,3H3/t9-/m1/s1. The molecule has 1 atom stereocenters. The second-order valence-electron chi connectivity index (χ2n) is 3.27. The molecule has 84 valence electrons. The Morgan fingerprint density at radius 3 is 3.13 bits per heavy atom. The Hall–Kier alpha value is -1.29. The van der Waals surface area contributed by atoms with Crippen LogP contribution in [0.1, 0.15) is 31.6 Å². The molecule has 0 aliphatic carbocycles. The Morgan fingerprint density at radius 1 is 1.73 bits per heavy atom. The maximum atomic E-state index is 5.40. The zero-order valence-electron chi connectivity index (χ0n) is 9.32. The maximum absolute atomic E-state index is 5.40. The number of hydrogen-bond acceptors (Lipinski definition) is 4. The fourth-order valence-electron chi connectivity index (χ4n) is 1.18. The van der Waals surface area contributed by atoms with Crippen LogP contribution in [0.4, 0.5) is 0 Å². The Morgan fingerprint density at radius 2 is 2.53 bits per heavy atom. The van der Waals surface area contributed by atoms with Crippen LogP contribution >= 0.6 is 0 Å². The molecule has 0 aromatic carbocycles. The van der Waals surface area contributed by atoms with Gasteiger partial charge in [0.1, 0.15) is 0 Å². The number of ether oxygens (including phenoxy) is 1. The van der Waals surface area contributed by atoms with Crippen molar-refractivity contribution in [1.29, 1.82) is 0 Å². The first kappa shape index (κ1) is 11.8. The first-order valence-electron chi connectivity index (χ1n) is 5.21. The van der Waals surface area contributed by atoms with Crippen LogP contribution in [0.5, 0.6) is 5.88 Å². The molecule has 0 radical (unpaired) electrons. The van der Waals surface area contributed by atoms with Crippen molar-refractivity contribution < 1.29 is 9.26 Å². The van der Waals surface area contributed by atoms with E-state index in [-0.39, 0.29) is 6.04 Å². The first-order chi connectivity index (χ1) is 7.31. The molecule has 1 N–H and O–H groups in total. The predicted molar refractivity (Wildman–Crippen MR) is 58.9 cm³/mol. The molecule has 4 heteroatoms. The van der Waals surface area contributed by atoms with Crippen molar-refractivity contribution in [3.05, 3.63) is 24.5 Å². The van der Waals surface area contributed by atoms with Crippen molar-refractivity contribution in [2.75, 3.05) is 13.7 Å². The molecule has 0 unspecified atom stereocenters. The van der Waals surface area contributed by atoms with Crippen LogP contribution in [0, 0.1) is 0 Å². The van der Waals surface area contributed by atoms with Crippen LogP contribution < -0.4 is 10.1 Å². The highest BCUT2D eigenvalue weighted by molar-refractivity contribution is 5.17. The summed E-state index contributed by atoms with van der Waals surface area (Å²) in [6.07, 6.45) is 3.89. The molecule has 15 heavy (non-hydrogen) atoms. The normalized spacial score (nSPS) is 12.4. The van der Waals surface area contributed by atoms with Gasteiger partial charge in [0, 0.05) is 6.07 Å². The second-order valence-corrected chi connectivity index (χ2v) is 3.27. The van der Waals surface area contributed by atoms with Crippen molar-refractivity contribution in [2.45, 2.75) is 25.8 Å². The summed E-state index contributed by atoms with van der Waals surface area (Å²) < 4.78 is 10.5. The van der Waals surface area contributed by atoms with Crippen LogP contribution in [0.25, 0.3) is 0 Å². The van der Waals surface area contributed by atoms with Crippen LogP contribution in [0.15, 0.2) is 23.2 Å². The van der Waals surface area contributed by atoms with Gasteiger partial charge >= 0.3 is 0 Å². The number of hydrogen-bond donors (Lipinski definition) is 1. The number of likely N-dealkylation sites (N-methyl/N-ethyl adjacent to an activating group) is 1. The van der Waals surface area contributed by atoms with Gasteiger partial charge in [0.05, 0.1) is 12.6 Å². The maximum Gasteiger partial charge on any atom is 0.254 e. The lowest BCUT2D eigenvalue weighted by molar-refractivity contribution is 0.268. The van der Waals surface area contributed by atoms with Crippen molar-refractivity contribution in [3.8, 4) is 5.88 Å². The highest BCUT2D eigenvalue weighted by Crippen LogP contribution is 2.19. The number of nitrogens with zero attached hydrogens (tertiary/aromatic N) is 1. The van der Waals surface area contributed by atoms with E-state index in [9.17, 15) is 0 Å². The van der Waals surface area contributed by atoms with E-state index in [0.29, 0.717) is 12.5 Å². The Labute approximate surface area is 90.3 Å². The molecule has 4 nitrogen and oxygen atoms in total. The molecule has 0 fully saturated rings. The summed E-state index contributed by atoms with van der Waals surface area (Å²) in [4.78, 5) is 0. The third-order valence-electron chi connectivity index (χ3n) is 2.11. The highest BCUT2D eigenvalue weighted by atomic mass is 16.5. The molecule has 1 aromatic heterocycles. The number of rotatable bonds is 7. The molecule has 1 rings (SSSR count). The summed E-state index contributed by atoms with van der Waals surface area (Å²) >= 11 is 0. The van der Waals surface area contributed by atoms with E-state index in [1.54, 1.807) is 12.1 Å². The summed E-state index contributed by atoms with van der Waals surface area (Å²) in [5, 5.41) is 6.86. The lowest BCUT2D eigenvalue weighted by Gasteiger charge is -2.04. The van der Waals surface area contributed by atoms with Crippen LogP contribution in [0.2, 0.25) is 0 Å². The van der Waals surface area contributed by atoms with Gasteiger partial charge in [0.25, 0.3) is 5.88 Å². The van der Waals surface area contributed by atoms with E-state index >= 15 is 0 Å². The zero-order chi connectivity index (χ0) is 11.1. The van der Waals surface area contributed by atoms with E-state index < -0.39 is 0 Å². The van der Waals surface area contributed by atoms with Crippen molar-refractivity contribution in [2.24, 2.45) is 0 Å². The summed E-state index contributed by atoms with van der Waals surface area (Å²) in [5.41, 5.74) is 0. The molecule has 1 heterocycles. The van der Waals surface area contributed by atoms with Crippen LogP contribution in [-0.4, -0.2) is 18.8 Å². The van der Waals surface area contributed by atoms with Crippen molar-refractivity contribution in [3.63, 3.8) is 0 Å². The molecular formula is C11H18N2O2. The summed E-state index contributed by atoms with van der Waals surface area (Å²) in [6.45, 7) is 6.50. The molecule has 0 aliphatic heterocycles. The van der Waals surface area contributed by atoms with Crippen molar-refractivity contribution in [1.82, 2.24) is 10.5 Å². The average Bonchev–Trinajstić information content (AvgIpc) is 2.69. The van der Waals surface area contributed by atoms with Gasteiger partial charge in [-0.1, -0.05) is 19.4 Å². The minimum absolute atomic E-state index is 0.0129. The lowest BCUT2D eigenvalue weighted by atomic mass is 10.2. The Bertz CT molecular complexity index is 297. The SMILES string of the molecule is C=C[C@@H](NC)c1cc(OCCCC)no1. The molecular weight excluding hydrogens is 192 g/mol. The topological polar surface area (TPSA) is 47.3 Å². The average molecular weight is 210 g/mol. The molecule has 0 amide bonds. The third-order valence-corrected chi connectivity index (χ3v) is 2.11. The molecule has 0 saturated carbocycles. The van der Waals surface area contributed by atoms with Crippen LogP contribution in [-0.2, 0) is 0 Å². The van der Waals surface area contributed by atoms with E-state index in [2.05, 4.69) is 24.0 Å². The fourth-order valence-corrected chi connectivity index (χ4v) is 1.18. The second kappa shape index (κ2) is 6.24. The quantitative estimate of drug-likeness (QED) is 0.554. The molecule has 0 saturated heterocycles. The van der Waals surface area contributed by atoms with Gasteiger partial charge in [-0.15, -0.1) is 6.58 Å². The van der Waals surface area contributed by atoms with Gasteiger partial charge in [-0.05, 0) is 18.6 Å². The van der Waals surface area contributed by atoms with Gasteiger partial charge in [-0.3, -0.25) is 0 Å². The predicted octanol–water partition coefficient (Wildman–Crippen LogP) is 2.30. The molecule has 1 aromatic rings. The molecule has 0 spiro atoms. The highest BCUT2D eigenvalue weighted by Gasteiger charge is 2.11. The number of nitrogens with one attached hydrogen (secondary N) is 1. The number of aromatic nitrogens is 1. The van der Waals surface area contributed by atoms with Gasteiger partial charge < -0.3 is 14.6 Å². The Balaban J connectivity index is 2.51. The third kappa shape index (κ3) is 3.40. The van der Waals surface area contributed by atoms with Gasteiger partial charge in [-0.2, -0.15) is 0 Å². The monoisotopic (exact) mass is 210 g/mol. The van der Waals surface area contributed by atoms with E-state index in [1.807, 2.05) is 7.05 Å². The zero-order valence-corrected chi connectivity index (χ0v) is 9.32. The first-order valence-corrected chi connectivity index (χ1v) is 5.21. The summed E-state index contributed by atoms with van der Waals surface area (Å²) in [7, 11) is 1.84. The summed E-state index contributed by atoms with van der Waals surface area (Å²) in [6, 6.07) is 1.78. The van der Waals surface area contributed by atoms with Gasteiger partial charge in [0.15, 0.2) is 5.76 Å². The Kier molecular flexibility index (Phi) is 4.90. The minimum Gasteiger partial charge on any atom is -0.476 e. The summed E-state index contributed by atoms with van der Waals surface area (Å²) in [5.74, 6) is 1.26. The van der Waals surface area contributed by atoms with E-state index in [4.69, 9.17) is 9.26 Å². The van der Waals surface area contributed by atoms with E-state index in [1.165, 1.54) is 0 Å². The molecule has 0 bridgehead atoms. The lowest BCUT2D eigenvalue weighted by Crippen LogP contribution is -2.12. The van der Waals surface area contributed by atoms with Crippen LogP contribution in [0.3, 0.4) is 0 Å². The fraction of sp³-hybridized carbons (Fsp3) is 0.545. The number of unbranched alkanes of at least 4 members (excludes halogenated alkanes) is 1. The molecule has 0 aliphatic rings.